The lowest BCUT2D eigenvalue weighted by Crippen LogP contribution is -1.98. The molecule has 2 N–H and O–H groups in total. The molecule has 0 spiro atoms. The third-order valence-electron chi connectivity index (χ3n) is 3.05. The van der Waals surface area contributed by atoms with Gasteiger partial charge < -0.3 is 10.1 Å². The Kier molecular flexibility index (Phi) is 3.43. The van der Waals surface area contributed by atoms with E-state index in [9.17, 15) is 5.11 Å². The number of aromatic nitrogens is 2. The summed E-state index contributed by atoms with van der Waals surface area (Å²) in [6.07, 6.45) is 2.92. The number of aliphatic hydroxyl groups is 1. The second-order valence-electron chi connectivity index (χ2n) is 4.25. The minimum Gasteiger partial charge on any atom is -0.384 e. The molecule has 0 amide bonds. The van der Waals surface area contributed by atoms with E-state index in [4.69, 9.17) is 0 Å². The number of nitrogens with zero attached hydrogens (tertiary/aromatic N) is 1. The number of hydrogen-bond acceptors (Lipinski definition) is 2. The summed E-state index contributed by atoms with van der Waals surface area (Å²) < 4.78 is 1.75. The first-order valence-corrected chi connectivity index (χ1v) is 7.30. The van der Waals surface area contributed by atoms with E-state index in [1.165, 1.54) is 0 Å². The fourth-order valence-electron chi connectivity index (χ4n) is 2.07. The molecule has 0 fully saturated rings. The van der Waals surface area contributed by atoms with Gasteiger partial charge in [0.05, 0.1) is 11.7 Å². The van der Waals surface area contributed by atoms with Crippen LogP contribution in [0.3, 0.4) is 0 Å². The van der Waals surface area contributed by atoms with Crippen LogP contribution in [0.25, 0.3) is 10.9 Å². The molecular weight excluding hydrogens is 372 g/mol. The van der Waals surface area contributed by atoms with Crippen molar-refractivity contribution in [2.45, 2.75) is 6.10 Å². The molecule has 0 aliphatic heterocycles. The van der Waals surface area contributed by atoms with E-state index in [0.717, 1.165) is 31.1 Å². The lowest BCUT2D eigenvalue weighted by molar-refractivity contribution is 0.222. The second-order valence-corrected chi connectivity index (χ2v) is 5.98. The van der Waals surface area contributed by atoms with Crippen molar-refractivity contribution in [3.8, 4) is 0 Å². The number of pyridine rings is 1. The van der Waals surface area contributed by atoms with Gasteiger partial charge in [-0.1, -0.05) is 28.1 Å². The zero-order valence-electron chi connectivity index (χ0n) is 9.77. The maximum atomic E-state index is 10.5. The van der Waals surface area contributed by atoms with Crippen molar-refractivity contribution in [2.75, 3.05) is 0 Å². The first-order chi connectivity index (χ1) is 9.15. The van der Waals surface area contributed by atoms with E-state index in [2.05, 4.69) is 41.8 Å². The van der Waals surface area contributed by atoms with Crippen LogP contribution in [0.15, 0.2) is 51.8 Å². The molecule has 1 atom stereocenters. The highest BCUT2D eigenvalue weighted by molar-refractivity contribution is 9.10. The van der Waals surface area contributed by atoms with Gasteiger partial charge in [0.25, 0.3) is 0 Å². The minimum atomic E-state index is -0.656. The average molecular weight is 382 g/mol. The fourth-order valence-corrected chi connectivity index (χ4v) is 2.66. The predicted molar refractivity (Wildman–Crippen MR) is 82.0 cm³/mol. The molecule has 0 aliphatic rings. The lowest BCUT2D eigenvalue weighted by Gasteiger charge is -2.10. The Labute approximate surface area is 126 Å². The maximum absolute atomic E-state index is 10.5. The number of benzene rings is 1. The first-order valence-electron chi connectivity index (χ1n) is 5.71. The smallest absolute Gasteiger partial charge is 0.106 e. The summed E-state index contributed by atoms with van der Waals surface area (Å²) in [7, 11) is 0. The quantitative estimate of drug-likeness (QED) is 0.654. The van der Waals surface area contributed by atoms with Crippen molar-refractivity contribution in [1.82, 2.24) is 9.97 Å². The standard InChI is InChI=1S/C14H10Br2N2O/c15-9-3-1-8(2-4-9)14(19)11-6-17-12-7-18-13(16)5-10(11)12/h1-7,14,17,19H. The molecule has 3 rings (SSSR count). The van der Waals surface area contributed by atoms with E-state index >= 15 is 0 Å². The van der Waals surface area contributed by atoms with E-state index in [1.807, 2.05) is 36.5 Å². The SMILES string of the molecule is OC(c1ccc(Br)cc1)c1c[nH]c2cnc(Br)cc12. The van der Waals surface area contributed by atoms with Gasteiger partial charge in [0.1, 0.15) is 10.7 Å². The molecule has 5 heteroatoms. The molecule has 1 unspecified atom stereocenters. The topological polar surface area (TPSA) is 48.9 Å². The Bertz CT molecular complexity index is 722. The van der Waals surface area contributed by atoms with E-state index in [1.54, 1.807) is 6.20 Å². The van der Waals surface area contributed by atoms with Crippen LogP contribution in [0, 0.1) is 0 Å². The Hall–Kier alpha value is -1.17. The monoisotopic (exact) mass is 380 g/mol. The summed E-state index contributed by atoms with van der Waals surface area (Å²) in [5, 5.41) is 11.5. The molecule has 0 aliphatic carbocycles. The third kappa shape index (κ3) is 2.45. The number of fused-ring (bicyclic) bond motifs is 1. The fraction of sp³-hybridized carbons (Fsp3) is 0.0714. The molecule has 3 aromatic rings. The van der Waals surface area contributed by atoms with Crippen molar-refractivity contribution in [3.05, 3.63) is 62.9 Å². The number of H-pyrrole nitrogens is 1. The van der Waals surface area contributed by atoms with Gasteiger partial charge >= 0.3 is 0 Å². The number of aromatic amines is 1. The summed E-state index contributed by atoms with van der Waals surface area (Å²) in [4.78, 5) is 7.29. The summed E-state index contributed by atoms with van der Waals surface area (Å²) in [6.45, 7) is 0. The van der Waals surface area contributed by atoms with Crippen LogP contribution in [-0.2, 0) is 0 Å². The number of nitrogens with one attached hydrogen (secondary N) is 1. The van der Waals surface area contributed by atoms with Crippen LogP contribution < -0.4 is 0 Å². The third-order valence-corrected chi connectivity index (χ3v) is 4.01. The lowest BCUT2D eigenvalue weighted by atomic mass is 10.0. The van der Waals surface area contributed by atoms with Gasteiger partial charge in [-0.25, -0.2) is 4.98 Å². The largest absolute Gasteiger partial charge is 0.384 e. The second kappa shape index (κ2) is 5.07. The van der Waals surface area contributed by atoms with Gasteiger partial charge in [0, 0.05) is 21.6 Å². The number of hydrogen-bond donors (Lipinski definition) is 2. The van der Waals surface area contributed by atoms with Crippen LogP contribution in [-0.4, -0.2) is 15.1 Å². The van der Waals surface area contributed by atoms with Gasteiger partial charge in [-0.15, -0.1) is 0 Å². The van der Waals surface area contributed by atoms with Crippen LogP contribution in [0.4, 0.5) is 0 Å². The first kappa shape index (κ1) is 12.8. The molecule has 0 bridgehead atoms. The normalized spacial score (nSPS) is 12.8. The Morgan fingerprint density at radius 1 is 1.16 bits per heavy atom. The molecule has 0 saturated heterocycles. The zero-order chi connectivity index (χ0) is 13.4. The summed E-state index contributed by atoms with van der Waals surface area (Å²) in [6, 6.07) is 9.56. The highest BCUT2D eigenvalue weighted by Gasteiger charge is 2.15. The highest BCUT2D eigenvalue weighted by Crippen LogP contribution is 2.30. The molecular formula is C14H10Br2N2O. The summed E-state index contributed by atoms with van der Waals surface area (Å²) in [5.41, 5.74) is 2.62. The van der Waals surface area contributed by atoms with Crippen molar-refractivity contribution < 1.29 is 5.11 Å². The summed E-state index contributed by atoms with van der Waals surface area (Å²) in [5.74, 6) is 0. The van der Waals surface area contributed by atoms with Crippen molar-refractivity contribution in [2.24, 2.45) is 0 Å². The van der Waals surface area contributed by atoms with Crippen LogP contribution in [0.5, 0.6) is 0 Å². The average Bonchev–Trinajstić information content (AvgIpc) is 2.81. The predicted octanol–water partition coefficient (Wildman–Crippen LogP) is 4.17. The van der Waals surface area contributed by atoms with Crippen molar-refractivity contribution >= 4 is 42.8 Å². The highest BCUT2D eigenvalue weighted by atomic mass is 79.9. The number of aliphatic hydroxyl groups excluding tert-OH is 1. The van der Waals surface area contributed by atoms with Gasteiger partial charge in [0.15, 0.2) is 0 Å². The molecule has 19 heavy (non-hydrogen) atoms. The van der Waals surface area contributed by atoms with Gasteiger partial charge in [-0.2, -0.15) is 0 Å². The van der Waals surface area contributed by atoms with Gasteiger partial charge in [0.2, 0.25) is 0 Å². The van der Waals surface area contributed by atoms with Crippen LogP contribution in [0.1, 0.15) is 17.2 Å². The Balaban J connectivity index is 2.08. The van der Waals surface area contributed by atoms with Gasteiger partial charge in [-0.3, -0.25) is 0 Å². The van der Waals surface area contributed by atoms with E-state index < -0.39 is 6.10 Å². The molecule has 0 radical (unpaired) electrons. The molecule has 96 valence electrons. The molecule has 2 heterocycles. The summed E-state index contributed by atoms with van der Waals surface area (Å²) >= 11 is 6.74. The minimum absolute atomic E-state index is 0.656. The van der Waals surface area contributed by atoms with Crippen LogP contribution in [0.2, 0.25) is 0 Å². The zero-order valence-corrected chi connectivity index (χ0v) is 12.9. The van der Waals surface area contributed by atoms with Crippen molar-refractivity contribution in [1.29, 1.82) is 0 Å². The van der Waals surface area contributed by atoms with E-state index in [0.29, 0.717) is 0 Å². The number of halogens is 2. The van der Waals surface area contributed by atoms with Crippen LogP contribution >= 0.6 is 31.9 Å². The van der Waals surface area contributed by atoms with E-state index in [-0.39, 0.29) is 0 Å². The molecule has 2 aromatic heterocycles. The Morgan fingerprint density at radius 2 is 1.89 bits per heavy atom. The maximum Gasteiger partial charge on any atom is 0.106 e. The Morgan fingerprint density at radius 3 is 2.63 bits per heavy atom. The molecule has 1 aromatic carbocycles. The molecule has 3 nitrogen and oxygen atoms in total. The van der Waals surface area contributed by atoms with Gasteiger partial charge in [-0.05, 0) is 39.7 Å². The molecule has 0 saturated carbocycles. The van der Waals surface area contributed by atoms with Crippen molar-refractivity contribution in [3.63, 3.8) is 0 Å². The number of rotatable bonds is 2.